The Balaban J connectivity index is 0.000000214. The van der Waals surface area contributed by atoms with Gasteiger partial charge in [-0.1, -0.05) is 137 Å². The Bertz CT molecular complexity index is 1530. The van der Waals surface area contributed by atoms with Crippen molar-refractivity contribution in [3.05, 3.63) is 155 Å². The summed E-state index contributed by atoms with van der Waals surface area (Å²) in [5.41, 5.74) is 8.63. The first kappa shape index (κ1) is 38.2. The first-order valence-electron chi connectivity index (χ1n) is 16.5. The second-order valence-electron chi connectivity index (χ2n) is 11.7. The second kappa shape index (κ2) is 22.4. The molecule has 4 heteroatoms. The standard InChI is InChI=1S/2C20H21.C2H6Si.2ClH.Zr/c2*1-2-3-8-17-14-19-12-7-11-18(20(19)15-17)13-16-9-5-4-6-10-16;1-3-2;;;/h2*4-7,9-12,14-15H,2-3,8,13H2,1H3;1-2H3;2*1H;/q2*-1;;;;+4/p-2. The van der Waals surface area contributed by atoms with E-state index in [4.69, 9.17) is 17.0 Å². The summed E-state index contributed by atoms with van der Waals surface area (Å²) >= 11 is -0.826. The van der Waals surface area contributed by atoms with Gasteiger partial charge in [0, 0.05) is 9.52 Å². The zero-order valence-electron chi connectivity index (χ0n) is 28.0. The molecule has 0 nitrogen and oxygen atoms in total. The van der Waals surface area contributed by atoms with Crippen molar-refractivity contribution in [3.63, 3.8) is 0 Å². The molecule has 0 aliphatic heterocycles. The Morgan fingerprint density at radius 3 is 1.28 bits per heavy atom. The van der Waals surface area contributed by atoms with E-state index < -0.39 is 20.8 Å². The fourth-order valence-electron chi connectivity index (χ4n) is 5.71. The van der Waals surface area contributed by atoms with Crippen LogP contribution in [-0.2, 0) is 46.5 Å². The molecule has 46 heavy (non-hydrogen) atoms. The minimum atomic E-state index is -0.826. The maximum absolute atomic E-state index is 4.93. The van der Waals surface area contributed by atoms with Gasteiger partial charge in [0.25, 0.3) is 0 Å². The van der Waals surface area contributed by atoms with Crippen molar-refractivity contribution < 1.29 is 20.8 Å². The number of rotatable bonds is 10. The van der Waals surface area contributed by atoms with Crippen LogP contribution in [0.2, 0.25) is 13.1 Å². The number of fused-ring (bicyclic) bond motifs is 2. The molecule has 0 saturated carbocycles. The van der Waals surface area contributed by atoms with Crippen molar-refractivity contribution in [1.82, 2.24) is 0 Å². The molecular weight excluding hydrogens is 695 g/mol. The van der Waals surface area contributed by atoms with Crippen LogP contribution in [0.1, 0.15) is 72.9 Å². The summed E-state index contributed by atoms with van der Waals surface area (Å²) in [6.07, 6.45) is 9.54. The van der Waals surface area contributed by atoms with Gasteiger partial charge in [-0.15, -0.1) is 69.1 Å². The van der Waals surface area contributed by atoms with Crippen LogP contribution in [0.5, 0.6) is 0 Å². The van der Waals surface area contributed by atoms with Gasteiger partial charge in [0.05, 0.1) is 0 Å². The molecule has 0 unspecified atom stereocenters. The molecule has 0 bridgehead atoms. The summed E-state index contributed by atoms with van der Waals surface area (Å²) in [7, 11) is 11.0. The van der Waals surface area contributed by atoms with Gasteiger partial charge in [-0.2, -0.15) is 12.1 Å². The van der Waals surface area contributed by atoms with E-state index in [9.17, 15) is 0 Å². The fraction of sp³-hybridized carbons (Fsp3) is 0.286. The molecule has 0 saturated heterocycles. The molecule has 0 aromatic heterocycles. The van der Waals surface area contributed by atoms with Gasteiger partial charge in [0.2, 0.25) is 0 Å². The van der Waals surface area contributed by atoms with E-state index in [2.05, 4.69) is 148 Å². The van der Waals surface area contributed by atoms with E-state index in [1.165, 1.54) is 93.5 Å². The minimum absolute atomic E-state index is 0.826. The third kappa shape index (κ3) is 12.8. The van der Waals surface area contributed by atoms with Crippen molar-refractivity contribution in [2.75, 3.05) is 0 Å². The molecule has 0 aliphatic rings. The van der Waals surface area contributed by atoms with Crippen LogP contribution >= 0.6 is 17.0 Å². The second-order valence-corrected chi connectivity index (χ2v) is 16.4. The Hall–Kier alpha value is -2.22. The quantitative estimate of drug-likeness (QED) is 0.0968. The SMILES string of the molecule is CCCCc1cc2c(Cc3ccccc3)cccc2[cH-]1.CCCCc1cc2c(Cc3ccccc3)cccc2[cH-]1.C[Si]C.[Cl][Zr+2][Cl]. The van der Waals surface area contributed by atoms with Crippen molar-refractivity contribution in [1.29, 1.82) is 0 Å². The molecule has 6 aromatic carbocycles. The Kier molecular flexibility index (Phi) is 18.6. The Labute approximate surface area is 299 Å². The summed E-state index contributed by atoms with van der Waals surface area (Å²) in [5.74, 6) is 0. The Morgan fingerprint density at radius 1 is 0.565 bits per heavy atom. The molecule has 0 N–H and O–H groups in total. The number of hydrogen-bond acceptors (Lipinski definition) is 0. The normalized spacial score (nSPS) is 10.2. The van der Waals surface area contributed by atoms with Crippen molar-refractivity contribution in [2.24, 2.45) is 0 Å². The van der Waals surface area contributed by atoms with E-state index in [0.29, 0.717) is 0 Å². The van der Waals surface area contributed by atoms with Crippen molar-refractivity contribution >= 4 is 48.1 Å². The van der Waals surface area contributed by atoms with E-state index in [1.54, 1.807) is 0 Å². The number of halogens is 2. The first-order valence-corrected chi connectivity index (χ1v) is 24.9. The zero-order valence-corrected chi connectivity index (χ0v) is 32.9. The van der Waals surface area contributed by atoms with Crippen LogP contribution in [0.15, 0.2) is 121 Å². The summed E-state index contributed by atoms with van der Waals surface area (Å²) in [6.45, 7) is 8.81. The molecule has 0 atom stereocenters. The monoisotopic (exact) mass is 740 g/mol. The van der Waals surface area contributed by atoms with Crippen molar-refractivity contribution in [2.45, 2.75) is 78.3 Å². The Morgan fingerprint density at radius 2 is 0.935 bits per heavy atom. The number of benzene rings is 4. The van der Waals surface area contributed by atoms with Crippen LogP contribution in [0.4, 0.5) is 0 Å². The van der Waals surface area contributed by atoms with Gasteiger partial charge in [0.15, 0.2) is 0 Å². The van der Waals surface area contributed by atoms with Crippen LogP contribution in [-0.4, -0.2) is 9.52 Å². The first-order chi connectivity index (χ1) is 22.6. The van der Waals surface area contributed by atoms with E-state index >= 15 is 0 Å². The van der Waals surface area contributed by atoms with Crippen LogP contribution in [0.25, 0.3) is 21.5 Å². The van der Waals surface area contributed by atoms with Crippen molar-refractivity contribution in [3.8, 4) is 0 Å². The summed E-state index contributed by atoms with van der Waals surface area (Å²) in [5, 5.41) is 5.65. The number of hydrogen-bond donors (Lipinski definition) is 0. The predicted octanol–water partition coefficient (Wildman–Crippen LogP) is 13.1. The average Bonchev–Trinajstić information content (AvgIpc) is 3.70. The molecule has 0 aliphatic carbocycles. The van der Waals surface area contributed by atoms with E-state index in [0.717, 1.165) is 22.4 Å². The van der Waals surface area contributed by atoms with Gasteiger partial charge in [0.1, 0.15) is 0 Å². The molecule has 0 heterocycles. The van der Waals surface area contributed by atoms with Gasteiger partial charge < -0.3 is 0 Å². The van der Waals surface area contributed by atoms with Crippen LogP contribution < -0.4 is 0 Å². The maximum atomic E-state index is 4.93. The van der Waals surface area contributed by atoms with Gasteiger partial charge >= 0.3 is 37.9 Å². The molecule has 0 fully saturated rings. The van der Waals surface area contributed by atoms with Gasteiger partial charge in [-0.3, -0.25) is 0 Å². The number of aryl methyl sites for hydroxylation is 2. The molecule has 0 spiro atoms. The molecule has 0 amide bonds. The molecular formula is C42H48Cl2SiZr. The average molecular weight is 743 g/mol. The van der Waals surface area contributed by atoms with Gasteiger partial charge in [-0.05, 0) is 36.8 Å². The molecule has 6 aromatic rings. The van der Waals surface area contributed by atoms with Crippen LogP contribution in [0.3, 0.4) is 0 Å². The summed E-state index contributed by atoms with van der Waals surface area (Å²) < 4.78 is 0. The molecule has 6 rings (SSSR count). The van der Waals surface area contributed by atoms with E-state index in [1.807, 2.05) is 0 Å². The summed E-state index contributed by atoms with van der Waals surface area (Å²) in [6, 6.07) is 44.3. The van der Waals surface area contributed by atoms with Crippen LogP contribution in [0, 0.1) is 0 Å². The number of unbranched alkanes of at least 4 members (excludes halogenated alkanes) is 2. The van der Waals surface area contributed by atoms with E-state index in [-0.39, 0.29) is 0 Å². The summed E-state index contributed by atoms with van der Waals surface area (Å²) in [4.78, 5) is 0. The third-order valence-electron chi connectivity index (χ3n) is 7.91. The third-order valence-corrected chi connectivity index (χ3v) is 7.91. The molecule has 238 valence electrons. The zero-order chi connectivity index (χ0) is 33.0. The fourth-order valence-corrected chi connectivity index (χ4v) is 5.71. The molecule has 2 radical (unpaired) electrons. The topological polar surface area (TPSA) is 0 Å². The van der Waals surface area contributed by atoms with Gasteiger partial charge in [-0.25, -0.2) is 0 Å². The predicted molar refractivity (Wildman–Crippen MR) is 204 cm³/mol.